The van der Waals surface area contributed by atoms with Gasteiger partial charge in [-0.05, 0) is 49.5 Å². The molecule has 0 aliphatic carbocycles. The van der Waals surface area contributed by atoms with Crippen molar-refractivity contribution in [1.82, 2.24) is 15.2 Å². The Hall–Kier alpha value is -1.24. The van der Waals surface area contributed by atoms with Crippen LogP contribution in [0.2, 0.25) is 0 Å². The number of benzene rings is 1. The zero-order valence-corrected chi connectivity index (χ0v) is 15.1. The fourth-order valence-electron chi connectivity index (χ4n) is 3.49. The van der Waals surface area contributed by atoms with Crippen molar-refractivity contribution in [2.45, 2.75) is 18.9 Å². The molecule has 3 fully saturated rings. The van der Waals surface area contributed by atoms with Crippen LogP contribution in [0.3, 0.4) is 0 Å². The molecule has 3 aliphatic heterocycles. The number of amides is 1. The first-order valence-corrected chi connectivity index (χ1v) is 9.55. The maximum atomic E-state index is 12.5. The lowest BCUT2D eigenvalue weighted by Crippen LogP contribution is -2.57. The zero-order chi connectivity index (χ0) is 15.8. The van der Waals surface area contributed by atoms with Crippen LogP contribution in [0, 0.1) is 5.92 Å². The van der Waals surface area contributed by atoms with Gasteiger partial charge in [-0.3, -0.25) is 4.79 Å². The van der Waals surface area contributed by atoms with Crippen molar-refractivity contribution in [3.63, 3.8) is 0 Å². The Morgan fingerprint density at radius 2 is 2.00 bits per heavy atom. The number of halogens is 1. The van der Waals surface area contributed by atoms with Crippen LogP contribution in [0.1, 0.15) is 22.6 Å². The first kappa shape index (κ1) is 15.3. The maximum Gasteiger partial charge on any atom is 0.280 e. The van der Waals surface area contributed by atoms with E-state index in [0.717, 1.165) is 21.5 Å². The molecule has 1 atom stereocenters. The highest BCUT2D eigenvalue weighted by Crippen LogP contribution is 2.29. The smallest absolute Gasteiger partial charge is 0.280 e. The highest BCUT2D eigenvalue weighted by molar-refractivity contribution is 9.10. The number of rotatable bonds is 3. The van der Waals surface area contributed by atoms with Crippen molar-refractivity contribution >= 4 is 33.2 Å². The normalized spacial score (nSPS) is 26.2. The summed E-state index contributed by atoms with van der Waals surface area (Å²) in [5.74, 6) is 0.604. The van der Waals surface area contributed by atoms with Gasteiger partial charge >= 0.3 is 0 Å². The molecule has 23 heavy (non-hydrogen) atoms. The molecule has 0 saturated carbocycles. The van der Waals surface area contributed by atoms with Gasteiger partial charge in [0.2, 0.25) is 0 Å². The van der Waals surface area contributed by atoms with Gasteiger partial charge in [0.25, 0.3) is 5.91 Å². The molecule has 3 aliphatic rings. The van der Waals surface area contributed by atoms with Crippen molar-refractivity contribution in [2.24, 2.45) is 5.92 Å². The van der Waals surface area contributed by atoms with Crippen LogP contribution in [0.15, 0.2) is 34.9 Å². The van der Waals surface area contributed by atoms with Gasteiger partial charge in [0.1, 0.15) is 0 Å². The summed E-state index contributed by atoms with van der Waals surface area (Å²) >= 11 is 4.89. The predicted molar refractivity (Wildman–Crippen MR) is 95.7 cm³/mol. The van der Waals surface area contributed by atoms with Crippen LogP contribution in [0.25, 0.3) is 10.4 Å². The average molecular weight is 392 g/mol. The molecule has 2 bridgehead atoms. The standard InChI is InChI=1S/C17H18BrN3OS/c18-13-3-1-12(2-4-13)15-9-19-17(23-15)16(22)20-14-10-21-7-5-11(14)6-8-21/h1-4,9,11,14H,5-8,10H2,(H,20,22). The van der Waals surface area contributed by atoms with E-state index in [0.29, 0.717) is 10.9 Å². The molecule has 1 unspecified atom stereocenters. The summed E-state index contributed by atoms with van der Waals surface area (Å²) in [6.45, 7) is 3.35. The third-order valence-electron chi connectivity index (χ3n) is 4.80. The zero-order valence-electron chi connectivity index (χ0n) is 12.7. The Bertz CT molecular complexity index is 707. The number of piperidine rings is 3. The van der Waals surface area contributed by atoms with Gasteiger partial charge in [-0.15, -0.1) is 11.3 Å². The van der Waals surface area contributed by atoms with Crippen molar-refractivity contribution in [2.75, 3.05) is 19.6 Å². The molecule has 1 amide bonds. The van der Waals surface area contributed by atoms with Gasteiger partial charge in [0, 0.05) is 23.3 Å². The van der Waals surface area contributed by atoms with E-state index in [1.165, 1.54) is 37.3 Å². The Morgan fingerprint density at radius 1 is 1.26 bits per heavy atom. The summed E-state index contributed by atoms with van der Waals surface area (Å²) in [5, 5.41) is 3.76. The minimum absolute atomic E-state index is 0.0305. The molecule has 3 saturated heterocycles. The third kappa shape index (κ3) is 3.20. The number of nitrogens with one attached hydrogen (secondary N) is 1. The van der Waals surface area contributed by atoms with Gasteiger partial charge in [0.05, 0.1) is 4.88 Å². The number of fused-ring (bicyclic) bond motifs is 3. The van der Waals surface area contributed by atoms with Crippen molar-refractivity contribution in [3.05, 3.63) is 39.9 Å². The van der Waals surface area contributed by atoms with Gasteiger partial charge in [0.15, 0.2) is 5.01 Å². The topological polar surface area (TPSA) is 45.2 Å². The lowest BCUT2D eigenvalue weighted by atomic mass is 9.84. The largest absolute Gasteiger partial charge is 0.346 e. The summed E-state index contributed by atoms with van der Waals surface area (Å²) in [6.07, 6.45) is 4.19. The Kier molecular flexibility index (Phi) is 4.22. The minimum atomic E-state index is -0.0305. The SMILES string of the molecule is O=C(NC1CN2CCC1CC2)c1ncc(-c2ccc(Br)cc2)s1. The molecule has 0 radical (unpaired) electrons. The summed E-state index contributed by atoms with van der Waals surface area (Å²) < 4.78 is 1.05. The quantitative estimate of drug-likeness (QED) is 0.871. The van der Waals surface area contributed by atoms with Gasteiger partial charge in [-0.1, -0.05) is 28.1 Å². The maximum absolute atomic E-state index is 12.5. The molecule has 4 heterocycles. The van der Waals surface area contributed by atoms with E-state index in [4.69, 9.17) is 0 Å². The van der Waals surface area contributed by atoms with Gasteiger partial charge < -0.3 is 10.2 Å². The highest BCUT2D eigenvalue weighted by atomic mass is 79.9. The van der Waals surface area contributed by atoms with Crippen molar-refractivity contribution in [1.29, 1.82) is 0 Å². The lowest BCUT2D eigenvalue weighted by Gasteiger charge is -2.44. The average Bonchev–Trinajstić information content (AvgIpc) is 3.07. The number of thiazole rings is 1. The van der Waals surface area contributed by atoms with E-state index in [2.05, 4.69) is 31.1 Å². The Balaban J connectivity index is 1.46. The molecule has 4 nitrogen and oxygen atoms in total. The van der Waals surface area contributed by atoms with Crippen LogP contribution in [0.4, 0.5) is 0 Å². The molecular formula is C17H18BrN3OS. The number of hydrogen-bond donors (Lipinski definition) is 1. The number of carbonyl (C=O) groups is 1. The van der Waals surface area contributed by atoms with E-state index >= 15 is 0 Å². The fraction of sp³-hybridized carbons (Fsp3) is 0.412. The van der Waals surface area contributed by atoms with Crippen molar-refractivity contribution < 1.29 is 4.79 Å². The van der Waals surface area contributed by atoms with E-state index in [1.54, 1.807) is 6.20 Å². The second-order valence-corrected chi connectivity index (χ2v) is 8.20. The number of carbonyl (C=O) groups excluding carboxylic acids is 1. The lowest BCUT2D eigenvalue weighted by molar-refractivity contribution is 0.0620. The Morgan fingerprint density at radius 3 is 2.65 bits per heavy atom. The molecule has 1 aromatic heterocycles. The summed E-state index contributed by atoms with van der Waals surface area (Å²) in [5.41, 5.74) is 1.09. The third-order valence-corrected chi connectivity index (χ3v) is 6.38. The highest BCUT2D eigenvalue weighted by Gasteiger charge is 2.35. The second kappa shape index (κ2) is 6.34. The summed E-state index contributed by atoms with van der Waals surface area (Å²) in [7, 11) is 0. The number of nitrogens with zero attached hydrogens (tertiary/aromatic N) is 2. The minimum Gasteiger partial charge on any atom is -0.346 e. The van der Waals surface area contributed by atoms with E-state index in [1.807, 2.05) is 24.3 Å². The molecule has 120 valence electrons. The molecule has 6 heteroatoms. The monoisotopic (exact) mass is 391 g/mol. The first-order valence-electron chi connectivity index (χ1n) is 7.94. The first-order chi connectivity index (χ1) is 11.2. The van der Waals surface area contributed by atoms with Gasteiger partial charge in [-0.25, -0.2) is 4.98 Å². The molecule has 0 spiro atoms. The number of hydrogen-bond acceptors (Lipinski definition) is 4. The fourth-order valence-corrected chi connectivity index (χ4v) is 4.57. The van der Waals surface area contributed by atoms with Crippen molar-refractivity contribution in [3.8, 4) is 10.4 Å². The molecule has 1 aromatic carbocycles. The van der Waals surface area contributed by atoms with Crippen LogP contribution >= 0.6 is 27.3 Å². The molecule has 5 rings (SSSR count). The van der Waals surface area contributed by atoms with Crippen LogP contribution in [0.5, 0.6) is 0 Å². The Labute approximate surface area is 148 Å². The van der Waals surface area contributed by atoms with Crippen LogP contribution < -0.4 is 5.32 Å². The van der Waals surface area contributed by atoms with Crippen LogP contribution in [-0.2, 0) is 0 Å². The molecule has 2 aromatic rings. The van der Waals surface area contributed by atoms with E-state index in [9.17, 15) is 4.79 Å². The molecular weight excluding hydrogens is 374 g/mol. The van der Waals surface area contributed by atoms with Gasteiger partial charge in [-0.2, -0.15) is 0 Å². The predicted octanol–water partition coefficient (Wildman–Crippen LogP) is 3.40. The summed E-state index contributed by atoms with van der Waals surface area (Å²) in [4.78, 5) is 20.3. The second-order valence-electron chi connectivity index (χ2n) is 6.25. The number of aromatic nitrogens is 1. The van der Waals surface area contributed by atoms with E-state index in [-0.39, 0.29) is 11.9 Å². The van der Waals surface area contributed by atoms with E-state index < -0.39 is 0 Å². The summed E-state index contributed by atoms with van der Waals surface area (Å²) in [6, 6.07) is 8.36. The molecule has 1 N–H and O–H groups in total. The van der Waals surface area contributed by atoms with Crippen LogP contribution in [-0.4, -0.2) is 41.5 Å².